The second-order valence-electron chi connectivity index (χ2n) is 2.97. The average Bonchev–Trinajstić information content (AvgIpc) is 2.59. The molecule has 0 amide bonds. The van der Waals surface area contributed by atoms with Crippen molar-refractivity contribution in [2.24, 2.45) is 5.73 Å². The molecule has 1 heterocycles. The van der Waals surface area contributed by atoms with E-state index in [0.29, 0.717) is 18.8 Å². The zero-order valence-electron chi connectivity index (χ0n) is 8.00. The first-order valence-corrected chi connectivity index (χ1v) is 4.36. The summed E-state index contributed by atoms with van der Waals surface area (Å²) in [4.78, 5) is 3.92. The molecular weight excluding hydrogens is 211 g/mol. The van der Waals surface area contributed by atoms with Gasteiger partial charge < -0.3 is 15.0 Å². The molecule has 7 heteroatoms. The summed E-state index contributed by atoms with van der Waals surface area (Å²) in [6.07, 6.45) is -1.08. The first-order chi connectivity index (χ1) is 7.01. The highest BCUT2D eigenvalue weighted by Crippen LogP contribution is 2.14. The maximum atomic E-state index is 11.7. The Balaban J connectivity index is 2.20. The number of aromatic nitrogens is 2. The van der Waals surface area contributed by atoms with Crippen LogP contribution in [0, 0.1) is 0 Å². The van der Waals surface area contributed by atoms with Gasteiger partial charge in [0.25, 0.3) is 0 Å². The largest absolute Gasteiger partial charge is 0.411 e. The molecule has 15 heavy (non-hydrogen) atoms. The number of rotatable bonds is 5. The van der Waals surface area contributed by atoms with Gasteiger partial charge in [-0.1, -0.05) is 0 Å². The van der Waals surface area contributed by atoms with Crippen LogP contribution >= 0.6 is 0 Å². The summed E-state index contributed by atoms with van der Waals surface area (Å²) in [6.45, 7) is -0.565. The summed E-state index contributed by atoms with van der Waals surface area (Å²) in [5.74, 6) is 0. The number of alkyl halides is 3. The van der Waals surface area contributed by atoms with Crippen LogP contribution in [0.2, 0.25) is 0 Å². The highest BCUT2D eigenvalue weighted by atomic mass is 19.4. The van der Waals surface area contributed by atoms with Gasteiger partial charge in [-0.2, -0.15) is 13.2 Å². The SMILES string of the molecule is NCc1cn(CCOCC(F)(F)F)cn1. The number of nitrogens with zero attached hydrogens (tertiary/aromatic N) is 2. The van der Waals surface area contributed by atoms with E-state index >= 15 is 0 Å². The predicted octanol–water partition coefficient (Wildman–Crippen LogP) is 0.921. The van der Waals surface area contributed by atoms with Crippen LogP contribution in [0.25, 0.3) is 0 Å². The Bertz CT molecular complexity index is 298. The van der Waals surface area contributed by atoms with Crippen molar-refractivity contribution < 1.29 is 17.9 Å². The van der Waals surface area contributed by atoms with E-state index in [4.69, 9.17) is 5.73 Å². The van der Waals surface area contributed by atoms with Gasteiger partial charge >= 0.3 is 6.18 Å². The monoisotopic (exact) mass is 223 g/mol. The molecule has 0 aliphatic carbocycles. The number of hydrogen-bond donors (Lipinski definition) is 1. The molecule has 0 spiro atoms. The van der Waals surface area contributed by atoms with E-state index in [1.807, 2.05) is 0 Å². The lowest BCUT2D eigenvalue weighted by Gasteiger charge is -2.07. The average molecular weight is 223 g/mol. The van der Waals surface area contributed by atoms with Crippen LogP contribution in [0.15, 0.2) is 12.5 Å². The number of nitrogens with two attached hydrogens (primary N) is 1. The normalized spacial score (nSPS) is 12.0. The van der Waals surface area contributed by atoms with Crippen LogP contribution in [0.1, 0.15) is 5.69 Å². The van der Waals surface area contributed by atoms with Crippen molar-refractivity contribution in [3.63, 3.8) is 0 Å². The molecule has 0 aliphatic rings. The smallest absolute Gasteiger partial charge is 0.370 e. The van der Waals surface area contributed by atoms with Gasteiger partial charge in [0.05, 0.1) is 18.6 Å². The summed E-state index contributed by atoms with van der Waals surface area (Å²) >= 11 is 0. The Labute approximate surface area is 84.8 Å². The molecule has 0 aliphatic heterocycles. The Morgan fingerprint density at radius 3 is 2.73 bits per heavy atom. The van der Waals surface area contributed by atoms with Crippen LogP contribution in [-0.2, 0) is 17.8 Å². The third kappa shape index (κ3) is 4.80. The lowest BCUT2D eigenvalue weighted by atomic mass is 10.5. The van der Waals surface area contributed by atoms with E-state index in [9.17, 15) is 13.2 Å². The summed E-state index contributed by atoms with van der Waals surface area (Å²) in [5.41, 5.74) is 6.02. The Kier molecular flexibility index (Phi) is 4.10. The van der Waals surface area contributed by atoms with Gasteiger partial charge in [-0.3, -0.25) is 0 Å². The maximum absolute atomic E-state index is 11.7. The molecule has 0 radical (unpaired) electrons. The minimum atomic E-state index is -4.27. The van der Waals surface area contributed by atoms with E-state index in [1.54, 1.807) is 10.8 Å². The van der Waals surface area contributed by atoms with Gasteiger partial charge in [-0.05, 0) is 0 Å². The quantitative estimate of drug-likeness (QED) is 0.755. The number of ether oxygens (including phenoxy) is 1. The van der Waals surface area contributed by atoms with Crippen molar-refractivity contribution in [3.8, 4) is 0 Å². The molecule has 2 N–H and O–H groups in total. The third-order valence-electron chi connectivity index (χ3n) is 1.66. The fourth-order valence-electron chi connectivity index (χ4n) is 0.992. The number of halogens is 3. The molecule has 0 bridgehead atoms. The summed E-state index contributed by atoms with van der Waals surface area (Å²) < 4.78 is 41.1. The summed E-state index contributed by atoms with van der Waals surface area (Å²) in [5, 5.41) is 0. The van der Waals surface area contributed by atoms with E-state index in [0.717, 1.165) is 0 Å². The molecule has 0 saturated carbocycles. The van der Waals surface area contributed by atoms with Crippen LogP contribution < -0.4 is 5.73 Å². The molecule has 86 valence electrons. The van der Waals surface area contributed by atoms with Crippen molar-refractivity contribution in [2.45, 2.75) is 19.3 Å². The van der Waals surface area contributed by atoms with Gasteiger partial charge in [0.1, 0.15) is 6.61 Å². The van der Waals surface area contributed by atoms with Gasteiger partial charge in [-0.25, -0.2) is 4.98 Å². The van der Waals surface area contributed by atoms with Crippen LogP contribution in [0.4, 0.5) is 13.2 Å². The fraction of sp³-hybridized carbons (Fsp3) is 0.625. The van der Waals surface area contributed by atoms with Gasteiger partial charge in [0.2, 0.25) is 0 Å². The minimum Gasteiger partial charge on any atom is -0.370 e. The summed E-state index contributed by atoms with van der Waals surface area (Å²) in [6, 6.07) is 0. The van der Waals surface area contributed by atoms with Crippen molar-refractivity contribution in [1.29, 1.82) is 0 Å². The Morgan fingerprint density at radius 1 is 1.47 bits per heavy atom. The zero-order valence-corrected chi connectivity index (χ0v) is 8.00. The van der Waals surface area contributed by atoms with E-state index in [1.165, 1.54) is 6.33 Å². The lowest BCUT2D eigenvalue weighted by Crippen LogP contribution is -2.18. The summed E-state index contributed by atoms with van der Waals surface area (Å²) in [7, 11) is 0. The number of hydrogen-bond acceptors (Lipinski definition) is 3. The van der Waals surface area contributed by atoms with Crippen LogP contribution in [0.3, 0.4) is 0 Å². The third-order valence-corrected chi connectivity index (χ3v) is 1.66. The highest BCUT2D eigenvalue weighted by molar-refractivity contribution is 4.95. The molecule has 4 nitrogen and oxygen atoms in total. The molecule has 0 unspecified atom stereocenters. The standard InChI is InChI=1S/C8H12F3N3O/c9-8(10,11)5-15-2-1-14-4-7(3-12)13-6-14/h4,6H,1-3,5,12H2. The molecule has 1 aromatic rings. The molecule has 0 fully saturated rings. The lowest BCUT2D eigenvalue weighted by molar-refractivity contribution is -0.174. The molecule has 1 aromatic heterocycles. The Morgan fingerprint density at radius 2 is 2.20 bits per heavy atom. The van der Waals surface area contributed by atoms with E-state index < -0.39 is 12.8 Å². The molecule has 0 atom stereocenters. The first-order valence-electron chi connectivity index (χ1n) is 4.36. The molecule has 0 saturated heterocycles. The van der Waals surface area contributed by atoms with Gasteiger partial charge in [-0.15, -0.1) is 0 Å². The molecule has 1 rings (SSSR count). The van der Waals surface area contributed by atoms with Crippen molar-refractivity contribution in [1.82, 2.24) is 9.55 Å². The van der Waals surface area contributed by atoms with Crippen molar-refractivity contribution in [2.75, 3.05) is 13.2 Å². The molecular formula is C8H12F3N3O. The maximum Gasteiger partial charge on any atom is 0.411 e. The van der Waals surface area contributed by atoms with Crippen LogP contribution in [-0.4, -0.2) is 28.9 Å². The van der Waals surface area contributed by atoms with Crippen molar-refractivity contribution in [3.05, 3.63) is 18.2 Å². The highest BCUT2D eigenvalue weighted by Gasteiger charge is 2.27. The second-order valence-corrected chi connectivity index (χ2v) is 2.97. The van der Waals surface area contributed by atoms with Crippen molar-refractivity contribution >= 4 is 0 Å². The topological polar surface area (TPSA) is 53.1 Å². The zero-order chi connectivity index (χ0) is 11.3. The number of imidazole rings is 1. The van der Waals surface area contributed by atoms with Gasteiger partial charge in [0, 0.05) is 19.3 Å². The fourth-order valence-corrected chi connectivity index (χ4v) is 0.992. The van der Waals surface area contributed by atoms with E-state index in [2.05, 4.69) is 9.72 Å². The molecule has 0 aromatic carbocycles. The second kappa shape index (κ2) is 5.13. The van der Waals surface area contributed by atoms with Gasteiger partial charge in [0.15, 0.2) is 0 Å². The van der Waals surface area contributed by atoms with E-state index in [-0.39, 0.29) is 6.61 Å². The minimum absolute atomic E-state index is 0.000118. The predicted molar refractivity (Wildman–Crippen MR) is 47.0 cm³/mol. The Hall–Kier alpha value is -1.08. The first kappa shape index (κ1) is 12.0. The van der Waals surface area contributed by atoms with Crippen LogP contribution in [0.5, 0.6) is 0 Å².